The first-order valence-corrected chi connectivity index (χ1v) is 6.17. The lowest BCUT2D eigenvalue weighted by Gasteiger charge is -2.36. The number of piperidine rings is 1. The zero-order valence-electron chi connectivity index (χ0n) is 9.89. The fourth-order valence-corrected chi connectivity index (χ4v) is 2.55. The number of ketones is 1. The molecule has 0 aromatic heterocycles. The summed E-state index contributed by atoms with van der Waals surface area (Å²) >= 11 is 0. The first kappa shape index (κ1) is 12.0. The van der Waals surface area contributed by atoms with E-state index in [4.69, 9.17) is 4.74 Å². The molecule has 2 saturated heterocycles. The van der Waals surface area contributed by atoms with Gasteiger partial charge in [0.25, 0.3) is 0 Å². The predicted molar refractivity (Wildman–Crippen MR) is 60.2 cm³/mol. The van der Waals surface area contributed by atoms with Crippen LogP contribution in [0, 0.1) is 11.8 Å². The minimum atomic E-state index is -0.172. The van der Waals surface area contributed by atoms with Gasteiger partial charge in [-0.15, -0.1) is 0 Å². The lowest BCUT2D eigenvalue weighted by molar-refractivity contribution is -0.131. The Morgan fingerprint density at radius 2 is 2.38 bits per heavy atom. The van der Waals surface area contributed by atoms with Crippen molar-refractivity contribution in [3.05, 3.63) is 0 Å². The molecule has 2 aliphatic heterocycles. The molecule has 2 fully saturated rings. The maximum Gasteiger partial charge on any atom is 0.141 e. The molecule has 4 nitrogen and oxygen atoms in total. The molecule has 3 atom stereocenters. The SMILES string of the molecule is CC1CN(CC2COCCC2=O)CCC1O. The highest BCUT2D eigenvalue weighted by Gasteiger charge is 2.29. The van der Waals surface area contributed by atoms with E-state index in [1.54, 1.807) is 0 Å². The van der Waals surface area contributed by atoms with Crippen molar-refractivity contribution in [2.45, 2.75) is 25.9 Å². The normalized spacial score (nSPS) is 37.6. The Hall–Kier alpha value is -0.450. The van der Waals surface area contributed by atoms with Gasteiger partial charge in [-0.2, -0.15) is 0 Å². The Morgan fingerprint density at radius 3 is 3.06 bits per heavy atom. The van der Waals surface area contributed by atoms with E-state index < -0.39 is 0 Å². The smallest absolute Gasteiger partial charge is 0.141 e. The Kier molecular flexibility index (Phi) is 3.95. The molecule has 0 saturated carbocycles. The number of nitrogens with zero attached hydrogens (tertiary/aromatic N) is 1. The summed E-state index contributed by atoms with van der Waals surface area (Å²) in [5.74, 6) is 0.703. The second-order valence-corrected chi connectivity index (χ2v) is 5.08. The maximum atomic E-state index is 11.7. The highest BCUT2D eigenvalue weighted by atomic mass is 16.5. The summed E-state index contributed by atoms with van der Waals surface area (Å²) < 4.78 is 5.35. The van der Waals surface area contributed by atoms with Gasteiger partial charge in [-0.05, 0) is 12.3 Å². The molecule has 0 aromatic carbocycles. The van der Waals surface area contributed by atoms with Crippen molar-refractivity contribution in [3.8, 4) is 0 Å². The number of hydrogen-bond acceptors (Lipinski definition) is 4. The van der Waals surface area contributed by atoms with E-state index in [1.165, 1.54) is 0 Å². The summed E-state index contributed by atoms with van der Waals surface area (Å²) in [7, 11) is 0. The van der Waals surface area contributed by atoms with E-state index in [-0.39, 0.29) is 12.0 Å². The molecule has 3 unspecified atom stereocenters. The van der Waals surface area contributed by atoms with Crippen molar-refractivity contribution >= 4 is 5.78 Å². The van der Waals surface area contributed by atoms with Crippen LogP contribution in [0.1, 0.15) is 19.8 Å². The van der Waals surface area contributed by atoms with Crippen LogP contribution in [0.25, 0.3) is 0 Å². The molecule has 2 rings (SSSR count). The zero-order valence-corrected chi connectivity index (χ0v) is 9.89. The minimum Gasteiger partial charge on any atom is -0.393 e. The van der Waals surface area contributed by atoms with Gasteiger partial charge in [-0.3, -0.25) is 4.79 Å². The van der Waals surface area contributed by atoms with Crippen LogP contribution in [0.4, 0.5) is 0 Å². The third-order valence-corrected chi connectivity index (χ3v) is 3.69. The number of ether oxygens (including phenoxy) is 1. The molecule has 1 N–H and O–H groups in total. The van der Waals surface area contributed by atoms with Crippen molar-refractivity contribution < 1.29 is 14.6 Å². The largest absolute Gasteiger partial charge is 0.393 e. The molecule has 16 heavy (non-hydrogen) atoms. The molecule has 0 aromatic rings. The number of Topliss-reactive ketones (excluding diaryl/α,β-unsaturated/α-hetero) is 1. The average molecular weight is 227 g/mol. The molecule has 4 heteroatoms. The van der Waals surface area contributed by atoms with Gasteiger partial charge in [-0.25, -0.2) is 0 Å². The number of aliphatic hydroxyl groups is 1. The van der Waals surface area contributed by atoms with Gasteiger partial charge in [0.05, 0.1) is 25.2 Å². The standard InChI is InChI=1S/C12H21NO3/c1-9-6-13(4-2-11(9)14)7-10-8-16-5-3-12(10)15/h9-11,14H,2-8H2,1H3. The van der Waals surface area contributed by atoms with Gasteiger partial charge in [0.15, 0.2) is 0 Å². The van der Waals surface area contributed by atoms with E-state index >= 15 is 0 Å². The van der Waals surface area contributed by atoms with Crippen LogP contribution in [0.5, 0.6) is 0 Å². The van der Waals surface area contributed by atoms with E-state index in [9.17, 15) is 9.90 Å². The van der Waals surface area contributed by atoms with Gasteiger partial charge in [0.2, 0.25) is 0 Å². The Balaban J connectivity index is 1.82. The Morgan fingerprint density at radius 1 is 1.56 bits per heavy atom. The Labute approximate surface area is 96.6 Å². The second kappa shape index (κ2) is 5.25. The zero-order chi connectivity index (χ0) is 11.5. The van der Waals surface area contributed by atoms with Crippen molar-refractivity contribution in [1.29, 1.82) is 0 Å². The highest BCUT2D eigenvalue weighted by Crippen LogP contribution is 2.19. The lowest BCUT2D eigenvalue weighted by Crippen LogP contribution is -2.46. The fraction of sp³-hybridized carbons (Fsp3) is 0.917. The molecular weight excluding hydrogens is 206 g/mol. The molecule has 2 aliphatic rings. The quantitative estimate of drug-likeness (QED) is 0.737. The third-order valence-electron chi connectivity index (χ3n) is 3.69. The van der Waals surface area contributed by atoms with Crippen LogP contribution < -0.4 is 0 Å². The average Bonchev–Trinajstić information content (AvgIpc) is 2.27. The highest BCUT2D eigenvalue weighted by molar-refractivity contribution is 5.82. The molecule has 0 spiro atoms. The fourth-order valence-electron chi connectivity index (χ4n) is 2.55. The molecule has 0 bridgehead atoms. The van der Waals surface area contributed by atoms with Crippen molar-refractivity contribution in [2.75, 3.05) is 32.8 Å². The first-order valence-electron chi connectivity index (χ1n) is 6.17. The molecule has 92 valence electrons. The van der Waals surface area contributed by atoms with Gasteiger partial charge >= 0.3 is 0 Å². The van der Waals surface area contributed by atoms with Gasteiger partial charge < -0.3 is 14.7 Å². The van der Waals surface area contributed by atoms with Crippen molar-refractivity contribution in [3.63, 3.8) is 0 Å². The number of carbonyl (C=O) groups excluding carboxylic acids is 1. The molecular formula is C12H21NO3. The molecule has 0 aliphatic carbocycles. The summed E-state index contributed by atoms with van der Waals surface area (Å²) in [5.41, 5.74) is 0. The monoisotopic (exact) mass is 227 g/mol. The summed E-state index contributed by atoms with van der Waals surface area (Å²) in [4.78, 5) is 13.9. The van der Waals surface area contributed by atoms with Crippen LogP contribution in [0.3, 0.4) is 0 Å². The van der Waals surface area contributed by atoms with Crippen molar-refractivity contribution in [1.82, 2.24) is 4.90 Å². The third kappa shape index (κ3) is 2.81. The number of carbonyl (C=O) groups is 1. The molecule has 0 amide bonds. The van der Waals surface area contributed by atoms with Crippen LogP contribution in [0.15, 0.2) is 0 Å². The molecule has 2 heterocycles. The summed E-state index contributed by atoms with van der Waals surface area (Å²) in [6.45, 7) is 5.82. The number of rotatable bonds is 2. The number of hydrogen-bond donors (Lipinski definition) is 1. The van der Waals surface area contributed by atoms with E-state index in [0.29, 0.717) is 31.3 Å². The van der Waals surface area contributed by atoms with Gasteiger partial charge in [0, 0.05) is 26.1 Å². The van der Waals surface area contributed by atoms with Gasteiger partial charge in [0.1, 0.15) is 5.78 Å². The summed E-state index contributed by atoms with van der Waals surface area (Å²) in [5, 5.41) is 9.64. The predicted octanol–water partition coefficient (Wildman–Crippen LogP) is 0.295. The second-order valence-electron chi connectivity index (χ2n) is 5.08. The van der Waals surface area contributed by atoms with Crippen LogP contribution >= 0.6 is 0 Å². The summed E-state index contributed by atoms with van der Waals surface area (Å²) in [6.07, 6.45) is 1.22. The first-order chi connectivity index (χ1) is 7.66. The van der Waals surface area contributed by atoms with E-state index in [1.807, 2.05) is 0 Å². The van der Waals surface area contributed by atoms with Gasteiger partial charge in [-0.1, -0.05) is 6.92 Å². The maximum absolute atomic E-state index is 11.7. The van der Waals surface area contributed by atoms with Crippen molar-refractivity contribution in [2.24, 2.45) is 11.8 Å². The van der Waals surface area contributed by atoms with Crippen LogP contribution in [-0.2, 0) is 9.53 Å². The Bertz CT molecular complexity index is 257. The van der Waals surface area contributed by atoms with Crippen LogP contribution in [-0.4, -0.2) is 54.7 Å². The number of aliphatic hydroxyl groups excluding tert-OH is 1. The van der Waals surface area contributed by atoms with Crippen LogP contribution in [0.2, 0.25) is 0 Å². The lowest BCUT2D eigenvalue weighted by atomic mass is 9.94. The van der Waals surface area contributed by atoms with E-state index in [2.05, 4.69) is 11.8 Å². The van der Waals surface area contributed by atoms with E-state index in [0.717, 1.165) is 26.1 Å². The topological polar surface area (TPSA) is 49.8 Å². The summed E-state index contributed by atoms with van der Waals surface area (Å²) in [6, 6.07) is 0. The minimum absolute atomic E-state index is 0.0520. The molecule has 0 radical (unpaired) electrons. The number of likely N-dealkylation sites (tertiary alicyclic amines) is 1.